The first-order valence-electron chi connectivity index (χ1n) is 7.36. The van der Waals surface area contributed by atoms with E-state index in [9.17, 15) is 9.59 Å². The Morgan fingerprint density at radius 2 is 2.10 bits per heavy atom. The molecule has 0 spiro atoms. The minimum Gasteiger partial charge on any atom is -0.480 e. The summed E-state index contributed by atoms with van der Waals surface area (Å²) < 4.78 is 0. The number of piperidine rings is 1. The van der Waals surface area contributed by atoms with Crippen LogP contribution in [0.15, 0.2) is 0 Å². The van der Waals surface area contributed by atoms with E-state index in [2.05, 4.69) is 25.9 Å². The topological polar surface area (TPSA) is 121 Å². The van der Waals surface area contributed by atoms with Gasteiger partial charge in [0, 0.05) is 6.42 Å². The lowest BCUT2D eigenvalue weighted by atomic mass is 9.68. The summed E-state index contributed by atoms with van der Waals surface area (Å²) in [5.74, 6) is 0.506. The van der Waals surface area contributed by atoms with Crippen molar-refractivity contribution in [2.24, 2.45) is 17.8 Å². The second-order valence-corrected chi connectivity index (χ2v) is 6.10. The Labute approximate surface area is 121 Å². The highest BCUT2D eigenvalue weighted by Gasteiger charge is 2.38. The Kier molecular flexibility index (Phi) is 3.96. The zero-order valence-corrected chi connectivity index (χ0v) is 11.7. The molecule has 0 aromatic carbocycles. The van der Waals surface area contributed by atoms with Gasteiger partial charge in [0.15, 0.2) is 0 Å². The van der Waals surface area contributed by atoms with E-state index < -0.39 is 12.0 Å². The highest BCUT2D eigenvalue weighted by molar-refractivity contribution is 5.92. The van der Waals surface area contributed by atoms with Crippen LogP contribution in [0.2, 0.25) is 0 Å². The van der Waals surface area contributed by atoms with Crippen molar-refractivity contribution in [3.8, 4) is 0 Å². The van der Waals surface area contributed by atoms with Gasteiger partial charge in [0.25, 0.3) is 0 Å². The van der Waals surface area contributed by atoms with Crippen molar-refractivity contribution in [3.05, 3.63) is 5.82 Å². The molecule has 1 aliphatic carbocycles. The maximum atomic E-state index is 12.0. The smallest absolute Gasteiger partial charge is 0.320 e. The van der Waals surface area contributed by atoms with E-state index in [1.54, 1.807) is 0 Å². The van der Waals surface area contributed by atoms with Crippen LogP contribution in [0.4, 0.5) is 0 Å². The van der Waals surface area contributed by atoms with Crippen molar-refractivity contribution in [1.82, 2.24) is 25.9 Å². The third-order valence-electron chi connectivity index (χ3n) is 4.78. The summed E-state index contributed by atoms with van der Waals surface area (Å²) in [6, 6.07) is -0.446. The number of tetrazole rings is 1. The van der Waals surface area contributed by atoms with Gasteiger partial charge in [-0.2, -0.15) is 5.21 Å². The number of rotatable bonds is 4. The molecule has 1 aliphatic heterocycles. The van der Waals surface area contributed by atoms with Crippen LogP contribution < -0.4 is 5.32 Å². The van der Waals surface area contributed by atoms with Gasteiger partial charge in [-0.15, -0.1) is 10.2 Å². The van der Waals surface area contributed by atoms with Crippen LogP contribution in [0.5, 0.6) is 0 Å². The average Bonchev–Trinajstić information content (AvgIpc) is 3.00. The van der Waals surface area contributed by atoms with Gasteiger partial charge in [-0.3, -0.25) is 9.59 Å². The van der Waals surface area contributed by atoms with Crippen LogP contribution in [0, 0.1) is 17.8 Å². The average molecular weight is 293 g/mol. The second kappa shape index (κ2) is 5.88. The highest BCUT2D eigenvalue weighted by atomic mass is 16.4. The van der Waals surface area contributed by atoms with E-state index in [1.165, 1.54) is 0 Å². The SMILES string of the molecule is O=C(CC1CCC2CNC(C(=O)O)CC2C1)c1nn[nH]n1. The third-order valence-corrected chi connectivity index (χ3v) is 4.78. The summed E-state index contributed by atoms with van der Waals surface area (Å²) in [6.07, 6.45) is 4.05. The van der Waals surface area contributed by atoms with Gasteiger partial charge in [0.05, 0.1) is 0 Å². The van der Waals surface area contributed by atoms with E-state index in [0.717, 1.165) is 25.8 Å². The molecule has 8 nitrogen and oxygen atoms in total. The van der Waals surface area contributed by atoms with Crippen molar-refractivity contribution < 1.29 is 14.7 Å². The van der Waals surface area contributed by atoms with Gasteiger partial charge in [0.2, 0.25) is 11.6 Å². The van der Waals surface area contributed by atoms with Crippen molar-refractivity contribution in [2.75, 3.05) is 6.54 Å². The lowest BCUT2D eigenvalue weighted by molar-refractivity contribution is -0.141. The summed E-state index contributed by atoms with van der Waals surface area (Å²) in [7, 11) is 0. The number of aliphatic carboxylic acids is 1. The maximum Gasteiger partial charge on any atom is 0.320 e. The molecule has 1 aromatic rings. The molecule has 0 radical (unpaired) electrons. The molecule has 4 atom stereocenters. The fourth-order valence-electron chi connectivity index (χ4n) is 3.67. The van der Waals surface area contributed by atoms with Gasteiger partial charge in [-0.1, -0.05) is 0 Å². The van der Waals surface area contributed by atoms with Crippen LogP contribution in [0.1, 0.15) is 42.7 Å². The highest BCUT2D eigenvalue weighted by Crippen LogP contribution is 2.40. The summed E-state index contributed by atoms with van der Waals surface area (Å²) >= 11 is 0. The molecule has 21 heavy (non-hydrogen) atoms. The molecule has 2 aliphatic rings. The number of ketones is 1. The molecule has 1 saturated heterocycles. The Balaban J connectivity index is 1.57. The van der Waals surface area contributed by atoms with Gasteiger partial charge in [-0.05, 0) is 55.2 Å². The molecule has 0 bridgehead atoms. The molecule has 2 heterocycles. The molecule has 1 aromatic heterocycles. The van der Waals surface area contributed by atoms with Gasteiger partial charge in [0.1, 0.15) is 6.04 Å². The summed E-state index contributed by atoms with van der Waals surface area (Å²) in [6.45, 7) is 0.771. The maximum absolute atomic E-state index is 12.0. The Bertz CT molecular complexity index is 518. The van der Waals surface area contributed by atoms with Crippen LogP contribution >= 0.6 is 0 Å². The van der Waals surface area contributed by atoms with E-state index in [4.69, 9.17) is 5.11 Å². The number of nitrogens with zero attached hydrogens (tertiary/aromatic N) is 3. The summed E-state index contributed by atoms with van der Waals surface area (Å²) in [4.78, 5) is 23.1. The van der Waals surface area contributed by atoms with Crippen molar-refractivity contribution >= 4 is 11.8 Å². The molecule has 2 fully saturated rings. The largest absolute Gasteiger partial charge is 0.480 e. The van der Waals surface area contributed by atoms with Gasteiger partial charge >= 0.3 is 5.97 Å². The Morgan fingerprint density at radius 1 is 1.24 bits per heavy atom. The number of nitrogens with one attached hydrogen (secondary N) is 2. The van der Waals surface area contributed by atoms with Crippen molar-refractivity contribution in [3.63, 3.8) is 0 Å². The minimum atomic E-state index is -0.779. The van der Waals surface area contributed by atoms with Crippen LogP contribution in [-0.4, -0.2) is 50.1 Å². The number of Topliss-reactive ketones (excluding diaryl/α,β-unsaturated/α-hetero) is 1. The molecule has 0 amide bonds. The number of carboxylic acid groups (broad SMARTS) is 1. The molecule has 3 N–H and O–H groups in total. The van der Waals surface area contributed by atoms with Gasteiger partial charge in [-0.25, -0.2) is 0 Å². The van der Waals surface area contributed by atoms with Crippen LogP contribution in [0.3, 0.4) is 0 Å². The predicted octanol–water partition coefficient (Wildman–Crippen LogP) is 0.251. The quantitative estimate of drug-likeness (QED) is 0.680. The molecule has 8 heteroatoms. The number of fused-ring (bicyclic) bond motifs is 1. The summed E-state index contributed by atoms with van der Waals surface area (Å²) in [5.41, 5.74) is 0. The predicted molar refractivity (Wildman–Crippen MR) is 71.5 cm³/mol. The zero-order valence-electron chi connectivity index (χ0n) is 11.7. The Morgan fingerprint density at radius 3 is 2.81 bits per heavy atom. The number of aromatic nitrogens is 4. The molecular weight excluding hydrogens is 274 g/mol. The van der Waals surface area contributed by atoms with Gasteiger partial charge < -0.3 is 10.4 Å². The number of hydrogen-bond donors (Lipinski definition) is 3. The summed E-state index contributed by atoms with van der Waals surface area (Å²) in [5, 5.41) is 25.3. The van der Waals surface area contributed by atoms with Crippen molar-refractivity contribution in [1.29, 1.82) is 0 Å². The number of carbonyl (C=O) groups excluding carboxylic acids is 1. The lowest BCUT2D eigenvalue weighted by Crippen LogP contribution is -2.49. The number of aromatic amines is 1. The molecule has 114 valence electrons. The number of carbonyl (C=O) groups is 2. The fraction of sp³-hybridized carbons (Fsp3) is 0.769. The van der Waals surface area contributed by atoms with E-state index in [0.29, 0.717) is 30.6 Å². The molecule has 1 saturated carbocycles. The third kappa shape index (κ3) is 3.10. The first-order chi connectivity index (χ1) is 10.1. The molecular formula is C13H19N5O3. The van der Waals surface area contributed by atoms with E-state index in [1.807, 2.05) is 0 Å². The fourth-order valence-corrected chi connectivity index (χ4v) is 3.67. The standard InChI is InChI=1S/C13H19N5O3/c19-11(12-15-17-18-16-12)4-7-1-2-8-6-14-10(13(20)21)5-9(8)3-7/h7-10,14H,1-6H2,(H,20,21)(H,15,16,17,18). The van der Waals surface area contributed by atoms with E-state index >= 15 is 0 Å². The number of hydrogen-bond acceptors (Lipinski definition) is 6. The minimum absolute atomic E-state index is 0.0871. The number of carboxylic acids is 1. The molecule has 4 unspecified atom stereocenters. The number of H-pyrrole nitrogens is 1. The van der Waals surface area contributed by atoms with E-state index in [-0.39, 0.29) is 11.6 Å². The van der Waals surface area contributed by atoms with Crippen LogP contribution in [-0.2, 0) is 4.79 Å². The Hall–Kier alpha value is -1.83. The van der Waals surface area contributed by atoms with Crippen molar-refractivity contribution in [2.45, 2.75) is 38.1 Å². The second-order valence-electron chi connectivity index (χ2n) is 6.10. The first-order valence-corrected chi connectivity index (χ1v) is 7.36. The lowest BCUT2D eigenvalue weighted by Gasteiger charge is -2.41. The zero-order chi connectivity index (χ0) is 14.8. The monoisotopic (exact) mass is 293 g/mol. The van der Waals surface area contributed by atoms with Crippen LogP contribution in [0.25, 0.3) is 0 Å². The normalized spacial score (nSPS) is 32.4. The first kappa shape index (κ1) is 14.1. The molecule has 3 rings (SSSR count).